The van der Waals surface area contributed by atoms with Gasteiger partial charge in [0.15, 0.2) is 11.5 Å². The molecule has 7 heteroatoms. The summed E-state index contributed by atoms with van der Waals surface area (Å²) in [6.07, 6.45) is 1.46. The highest BCUT2D eigenvalue weighted by atomic mass is 19.1. The van der Waals surface area contributed by atoms with Gasteiger partial charge in [0, 0.05) is 23.6 Å². The van der Waals surface area contributed by atoms with Crippen LogP contribution in [-0.4, -0.2) is 25.1 Å². The van der Waals surface area contributed by atoms with E-state index in [1.54, 1.807) is 49.6 Å². The second-order valence-corrected chi connectivity index (χ2v) is 5.59. The summed E-state index contributed by atoms with van der Waals surface area (Å²) in [5.41, 5.74) is 1.67. The highest BCUT2D eigenvalue weighted by Crippen LogP contribution is 2.29. The fourth-order valence-electron chi connectivity index (χ4n) is 2.40. The molecule has 0 atom stereocenters. The molecule has 0 aliphatic carbocycles. The monoisotopic (exact) mass is 367 g/mol. The quantitative estimate of drug-likeness (QED) is 0.682. The predicted octanol–water partition coefficient (Wildman–Crippen LogP) is 4.23. The Kier molecular flexibility index (Phi) is 5.51. The Morgan fingerprint density at radius 1 is 0.926 bits per heavy atom. The lowest BCUT2D eigenvalue weighted by molar-refractivity contribution is 0.102. The number of hydrogen-bond donors (Lipinski definition) is 2. The lowest BCUT2D eigenvalue weighted by atomic mass is 10.2. The minimum Gasteiger partial charge on any atom is -0.493 e. The average molecular weight is 367 g/mol. The first-order valence-electron chi connectivity index (χ1n) is 8.11. The molecule has 1 heterocycles. The van der Waals surface area contributed by atoms with Crippen molar-refractivity contribution < 1.29 is 18.7 Å². The number of methoxy groups -OCH3 is 2. The predicted molar refractivity (Wildman–Crippen MR) is 101 cm³/mol. The van der Waals surface area contributed by atoms with E-state index in [0.29, 0.717) is 34.3 Å². The summed E-state index contributed by atoms with van der Waals surface area (Å²) in [5.74, 6) is 1.03. The van der Waals surface area contributed by atoms with Crippen LogP contribution in [0.1, 0.15) is 10.4 Å². The third kappa shape index (κ3) is 4.52. The maximum absolute atomic E-state index is 12.9. The van der Waals surface area contributed by atoms with E-state index >= 15 is 0 Å². The van der Waals surface area contributed by atoms with Crippen LogP contribution < -0.4 is 20.1 Å². The zero-order valence-corrected chi connectivity index (χ0v) is 14.8. The molecule has 1 amide bonds. The molecule has 27 heavy (non-hydrogen) atoms. The highest BCUT2D eigenvalue weighted by molar-refractivity contribution is 6.04. The number of benzene rings is 2. The van der Waals surface area contributed by atoms with Gasteiger partial charge in [-0.2, -0.15) is 0 Å². The zero-order chi connectivity index (χ0) is 19.2. The van der Waals surface area contributed by atoms with Crippen molar-refractivity contribution in [3.05, 3.63) is 72.2 Å². The van der Waals surface area contributed by atoms with E-state index in [-0.39, 0.29) is 11.7 Å². The number of ether oxygens (including phenoxy) is 2. The van der Waals surface area contributed by atoms with Gasteiger partial charge in [0.05, 0.1) is 19.8 Å². The van der Waals surface area contributed by atoms with Crippen LogP contribution in [0.15, 0.2) is 60.8 Å². The third-order valence-electron chi connectivity index (χ3n) is 3.78. The SMILES string of the molecule is COc1ccc(NC(=O)c2ccc(Nc3ccc(F)cc3)nc2)cc1OC. The first kappa shape index (κ1) is 18.2. The molecule has 0 saturated heterocycles. The van der Waals surface area contributed by atoms with Crippen molar-refractivity contribution in [2.24, 2.45) is 0 Å². The van der Waals surface area contributed by atoms with Crippen molar-refractivity contribution in [2.75, 3.05) is 24.9 Å². The number of carbonyl (C=O) groups excluding carboxylic acids is 1. The molecule has 138 valence electrons. The van der Waals surface area contributed by atoms with Crippen LogP contribution in [0.25, 0.3) is 0 Å². The number of halogens is 1. The van der Waals surface area contributed by atoms with Gasteiger partial charge in [-0.15, -0.1) is 0 Å². The third-order valence-corrected chi connectivity index (χ3v) is 3.78. The maximum Gasteiger partial charge on any atom is 0.257 e. The van der Waals surface area contributed by atoms with Crippen molar-refractivity contribution in [3.8, 4) is 11.5 Å². The average Bonchev–Trinajstić information content (AvgIpc) is 2.70. The molecule has 0 fully saturated rings. The number of amides is 1. The number of nitrogens with zero attached hydrogens (tertiary/aromatic N) is 1. The van der Waals surface area contributed by atoms with Gasteiger partial charge in [-0.25, -0.2) is 9.37 Å². The van der Waals surface area contributed by atoms with Crippen LogP contribution >= 0.6 is 0 Å². The number of carbonyl (C=O) groups is 1. The van der Waals surface area contributed by atoms with Crippen LogP contribution in [0.3, 0.4) is 0 Å². The topological polar surface area (TPSA) is 72.5 Å². The molecular formula is C20H18FN3O3. The molecule has 2 N–H and O–H groups in total. The van der Waals surface area contributed by atoms with Gasteiger partial charge in [0.1, 0.15) is 11.6 Å². The summed E-state index contributed by atoms with van der Waals surface area (Å²) in [6.45, 7) is 0. The molecule has 3 aromatic rings. The van der Waals surface area contributed by atoms with E-state index in [1.807, 2.05) is 0 Å². The molecule has 0 saturated carbocycles. The largest absolute Gasteiger partial charge is 0.493 e. The second-order valence-electron chi connectivity index (χ2n) is 5.59. The van der Waals surface area contributed by atoms with Crippen molar-refractivity contribution in [3.63, 3.8) is 0 Å². The molecule has 6 nitrogen and oxygen atoms in total. The number of nitrogens with one attached hydrogen (secondary N) is 2. The minimum absolute atomic E-state index is 0.303. The van der Waals surface area contributed by atoms with Crippen molar-refractivity contribution in [2.45, 2.75) is 0 Å². The Hall–Kier alpha value is -3.61. The van der Waals surface area contributed by atoms with Crippen LogP contribution in [-0.2, 0) is 0 Å². The number of pyridine rings is 1. The number of hydrogen-bond acceptors (Lipinski definition) is 5. The van der Waals surface area contributed by atoms with E-state index in [1.165, 1.54) is 25.4 Å². The summed E-state index contributed by atoms with van der Waals surface area (Å²) in [4.78, 5) is 16.6. The van der Waals surface area contributed by atoms with Crippen LogP contribution in [0.4, 0.5) is 21.6 Å². The van der Waals surface area contributed by atoms with Crippen molar-refractivity contribution in [1.29, 1.82) is 0 Å². The molecular weight excluding hydrogens is 349 g/mol. The molecule has 0 unspecified atom stereocenters. The smallest absolute Gasteiger partial charge is 0.257 e. The normalized spacial score (nSPS) is 10.2. The maximum atomic E-state index is 12.9. The fourth-order valence-corrected chi connectivity index (χ4v) is 2.40. The van der Waals surface area contributed by atoms with Crippen LogP contribution in [0, 0.1) is 5.82 Å². The number of aromatic nitrogens is 1. The van der Waals surface area contributed by atoms with Crippen LogP contribution in [0.5, 0.6) is 11.5 Å². The first-order chi connectivity index (χ1) is 13.1. The molecule has 0 radical (unpaired) electrons. The Morgan fingerprint density at radius 3 is 2.26 bits per heavy atom. The zero-order valence-electron chi connectivity index (χ0n) is 14.8. The van der Waals surface area contributed by atoms with E-state index < -0.39 is 0 Å². The molecule has 3 rings (SSSR count). The van der Waals surface area contributed by atoms with E-state index in [9.17, 15) is 9.18 Å². The molecule has 0 aliphatic rings. The van der Waals surface area contributed by atoms with Gasteiger partial charge >= 0.3 is 0 Å². The number of anilines is 3. The van der Waals surface area contributed by atoms with E-state index in [2.05, 4.69) is 15.6 Å². The Morgan fingerprint density at radius 2 is 1.63 bits per heavy atom. The van der Waals surface area contributed by atoms with Gasteiger partial charge < -0.3 is 20.1 Å². The summed E-state index contributed by atoms with van der Waals surface area (Å²) in [6, 6.07) is 14.3. The van der Waals surface area contributed by atoms with Gasteiger partial charge in [-0.1, -0.05) is 0 Å². The lowest BCUT2D eigenvalue weighted by Crippen LogP contribution is -2.12. The van der Waals surface area contributed by atoms with Crippen molar-refractivity contribution >= 4 is 23.1 Å². The molecule has 2 aromatic carbocycles. The molecule has 0 aliphatic heterocycles. The lowest BCUT2D eigenvalue weighted by Gasteiger charge is -2.11. The van der Waals surface area contributed by atoms with E-state index in [4.69, 9.17) is 9.47 Å². The van der Waals surface area contributed by atoms with Crippen LogP contribution in [0.2, 0.25) is 0 Å². The summed E-state index contributed by atoms with van der Waals surface area (Å²) in [5, 5.41) is 5.82. The first-order valence-corrected chi connectivity index (χ1v) is 8.11. The summed E-state index contributed by atoms with van der Waals surface area (Å²) >= 11 is 0. The Bertz CT molecular complexity index is 928. The Balaban J connectivity index is 1.67. The van der Waals surface area contributed by atoms with Gasteiger partial charge in [0.2, 0.25) is 0 Å². The Labute approximate surface area is 156 Å². The summed E-state index contributed by atoms with van der Waals surface area (Å²) in [7, 11) is 3.07. The standard InChI is InChI=1S/C20H18FN3O3/c1-26-17-9-8-16(11-18(17)27-2)24-20(25)13-3-10-19(22-12-13)23-15-6-4-14(21)5-7-15/h3-12H,1-2H3,(H,22,23)(H,24,25). The molecule has 1 aromatic heterocycles. The van der Waals surface area contributed by atoms with E-state index in [0.717, 1.165) is 0 Å². The number of rotatable bonds is 6. The van der Waals surface area contributed by atoms with Gasteiger partial charge in [-0.05, 0) is 48.5 Å². The second kappa shape index (κ2) is 8.18. The minimum atomic E-state index is -0.310. The van der Waals surface area contributed by atoms with Crippen molar-refractivity contribution in [1.82, 2.24) is 4.98 Å². The fraction of sp³-hybridized carbons (Fsp3) is 0.100. The summed E-state index contributed by atoms with van der Waals surface area (Å²) < 4.78 is 23.3. The molecule has 0 bridgehead atoms. The highest BCUT2D eigenvalue weighted by Gasteiger charge is 2.10. The van der Waals surface area contributed by atoms with Gasteiger partial charge in [0.25, 0.3) is 5.91 Å². The van der Waals surface area contributed by atoms with Gasteiger partial charge in [-0.3, -0.25) is 4.79 Å². The molecule has 0 spiro atoms.